The van der Waals surface area contributed by atoms with E-state index in [0.717, 1.165) is 5.38 Å². The van der Waals surface area contributed by atoms with Crippen LogP contribution in [0.25, 0.3) is 0 Å². The number of aliphatic hydroxyl groups excluding tert-OH is 2. The van der Waals surface area contributed by atoms with Crippen molar-refractivity contribution in [2.24, 2.45) is 5.73 Å². The molecular weight excluding hydrogens is 245 g/mol. The highest BCUT2D eigenvalue weighted by molar-refractivity contribution is 7.09. The molecule has 0 fully saturated rings. The SMILES string of the molecule is NCCC(O)C(O)c1nc(C(F)(F)F)cs1. The summed E-state index contributed by atoms with van der Waals surface area (Å²) in [6.07, 6.45) is -7.06. The smallest absolute Gasteiger partial charge is 0.390 e. The number of nitrogens with two attached hydrogens (primary N) is 1. The van der Waals surface area contributed by atoms with Crippen LogP contribution in [0.1, 0.15) is 23.2 Å². The minimum atomic E-state index is -4.53. The zero-order chi connectivity index (χ0) is 12.3. The summed E-state index contributed by atoms with van der Waals surface area (Å²) in [6, 6.07) is 0. The van der Waals surface area contributed by atoms with Gasteiger partial charge in [0, 0.05) is 5.38 Å². The molecule has 8 heteroatoms. The van der Waals surface area contributed by atoms with Crippen molar-refractivity contribution in [2.45, 2.75) is 24.8 Å². The first kappa shape index (κ1) is 13.4. The van der Waals surface area contributed by atoms with Crippen LogP contribution in [0.15, 0.2) is 5.38 Å². The molecule has 4 nitrogen and oxygen atoms in total. The molecule has 16 heavy (non-hydrogen) atoms. The quantitative estimate of drug-likeness (QED) is 0.748. The maximum absolute atomic E-state index is 12.2. The molecule has 0 saturated carbocycles. The maximum Gasteiger partial charge on any atom is 0.434 e. The van der Waals surface area contributed by atoms with Crippen molar-refractivity contribution in [3.05, 3.63) is 16.1 Å². The van der Waals surface area contributed by atoms with Crippen molar-refractivity contribution in [1.82, 2.24) is 4.98 Å². The fourth-order valence-electron chi connectivity index (χ4n) is 1.05. The normalized spacial score (nSPS) is 16.1. The first-order valence-electron chi connectivity index (χ1n) is 4.45. The maximum atomic E-state index is 12.2. The molecule has 1 aromatic rings. The van der Waals surface area contributed by atoms with Gasteiger partial charge in [-0.15, -0.1) is 11.3 Å². The Morgan fingerprint density at radius 2 is 2.06 bits per heavy atom. The van der Waals surface area contributed by atoms with Crippen molar-refractivity contribution < 1.29 is 23.4 Å². The van der Waals surface area contributed by atoms with Gasteiger partial charge in [-0.05, 0) is 13.0 Å². The van der Waals surface area contributed by atoms with E-state index < -0.39 is 24.1 Å². The van der Waals surface area contributed by atoms with Crippen molar-refractivity contribution in [3.63, 3.8) is 0 Å². The number of aromatic nitrogens is 1. The van der Waals surface area contributed by atoms with E-state index in [4.69, 9.17) is 5.73 Å². The molecule has 2 unspecified atom stereocenters. The van der Waals surface area contributed by atoms with Crippen LogP contribution in [0.2, 0.25) is 0 Å². The van der Waals surface area contributed by atoms with Crippen molar-refractivity contribution in [1.29, 1.82) is 0 Å². The summed E-state index contributed by atoms with van der Waals surface area (Å²) >= 11 is 0.657. The predicted molar refractivity (Wildman–Crippen MR) is 51.8 cm³/mol. The van der Waals surface area contributed by atoms with Crippen LogP contribution < -0.4 is 5.73 Å². The third-order valence-electron chi connectivity index (χ3n) is 1.89. The molecule has 92 valence electrons. The van der Waals surface area contributed by atoms with Gasteiger partial charge in [0.1, 0.15) is 11.1 Å². The fraction of sp³-hybridized carbons (Fsp3) is 0.625. The molecule has 1 heterocycles. The van der Waals surface area contributed by atoms with Gasteiger partial charge in [-0.2, -0.15) is 13.2 Å². The molecule has 0 aromatic carbocycles. The largest absolute Gasteiger partial charge is 0.434 e. The van der Waals surface area contributed by atoms with Gasteiger partial charge >= 0.3 is 6.18 Å². The van der Waals surface area contributed by atoms with Gasteiger partial charge in [0.2, 0.25) is 0 Å². The molecule has 0 bridgehead atoms. The Balaban J connectivity index is 2.78. The topological polar surface area (TPSA) is 79.4 Å². The van der Waals surface area contributed by atoms with Crippen LogP contribution in [0.4, 0.5) is 13.2 Å². The zero-order valence-corrected chi connectivity index (χ0v) is 8.92. The average molecular weight is 256 g/mol. The van der Waals surface area contributed by atoms with Gasteiger partial charge in [0.15, 0.2) is 5.69 Å². The third-order valence-corrected chi connectivity index (χ3v) is 2.81. The monoisotopic (exact) mass is 256 g/mol. The second-order valence-corrected chi connectivity index (χ2v) is 4.05. The summed E-state index contributed by atoms with van der Waals surface area (Å²) in [4.78, 5) is 3.23. The van der Waals surface area contributed by atoms with Crippen molar-refractivity contribution in [3.8, 4) is 0 Å². The molecule has 0 amide bonds. The van der Waals surface area contributed by atoms with E-state index in [0.29, 0.717) is 11.3 Å². The van der Waals surface area contributed by atoms with Gasteiger partial charge in [0.25, 0.3) is 0 Å². The Kier molecular flexibility index (Phi) is 4.25. The summed E-state index contributed by atoms with van der Waals surface area (Å²) in [6.45, 7) is 0.135. The van der Waals surface area contributed by atoms with Crippen LogP contribution in [-0.2, 0) is 6.18 Å². The second kappa shape index (κ2) is 5.09. The lowest BCUT2D eigenvalue weighted by atomic mass is 10.1. The molecule has 0 aliphatic carbocycles. The highest BCUT2D eigenvalue weighted by Gasteiger charge is 2.35. The Morgan fingerprint density at radius 1 is 1.44 bits per heavy atom. The molecule has 1 rings (SSSR count). The fourth-order valence-corrected chi connectivity index (χ4v) is 1.91. The minimum absolute atomic E-state index is 0.0993. The molecule has 0 spiro atoms. The van der Waals surface area contributed by atoms with E-state index in [2.05, 4.69) is 4.98 Å². The Bertz CT molecular complexity index is 342. The lowest BCUT2D eigenvalue weighted by molar-refractivity contribution is -0.141. The molecule has 2 atom stereocenters. The number of alkyl halides is 3. The number of hydrogen-bond donors (Lipinski definition) is 3. The highest BCUT2D eigenvalue weighted by atomic mass is 32.1. The van der Waals surface area contributed by atoms with E-state index in [1.54, 1.807) is 0 Å². The van der Waals surface area contributed by atoms with E-state index in [1.165, 1.54) is 0 Å². The zero-order valence-electron chi connectivity index (χ0n) is 8.11. The van der Waals surface area contributed by atoms with Gasteiger partial charge in [-0.25, -0.2) is 4.98 Å². The number of nitrogens with zero attached hydrogens (tertiary/aromatic N) is 1. The van der Waals surface area contributed by atoms with Gasteiger partial charge < -0.3 is 15.9 Å². The van der Waals surface area contributed by atoms with Crippen LogP contribution in [-0.4, -0.2) is 27.8 Å². The van der Waals surface area contributed by atoms with E-state index >= 15 is 0 Å². The lowest BCUT2D eigenvalue weighted by Crippen LogP contribution is -2.21. The first-order valence-corrected chi connectivity index (χ1v) is 5.33. The molecular formula is C8H11F3N2O2S. The molecule has 4 N–H and O–H groups in total. The summed E-state index contributed by atoms with van der Waals surface area (Å²) in [5.41, 5.74) is 4.09. The number of halogens is 3. The standard InChI is InChI=1S/C8H11F3N2O2S/c9-8(10,11)5-3-16-7(13-5)6(15)4(14)1-2-12/h3-4,6,14-15H,1-2,12H2. The number of rotatable bonds is 4. The highest BCUT2D eigenvalue weighted by Crippen LogP contribution is 2.32. The first-order chi connectivity index (χ1) is 7.36. The molecule has 0 saturated heterocycles. The second-order valence-electron chi connectivity index (χ2n) is 3.16. The van der Waals surface area contributed by atoms with Crippen molar-refractivity contribution in [2.75, 3.05) is 6.54 Å². The summed E-state index contributed by atoms with van der Waals surface area (Å²) in [7, 11) is 0. The third kappa shape index (κ3) is 3.14. The number of hydrogen-bond acceptors (Lipinski definition) is 5. The van der Waals surface area contributed by atoms with Crippen LogP contribution in [0.3, 0.4) is 0 Å². The predicted octanol–water partition coefficient (Wildman–Crippen LogP) is 0.905. The summed E-state index contributed by atoms with van der Waals surface area (Å²) in [5.74, 6) is 0. The number of thiazole rings is 1. The lowest BCUT2D eigenvalue weighted by Gasteiger charge is -2.14. The molecule has 1 aromatic heterocycles. The van der Waals surface area contributed by atoms with E-state index in [9.17, 15) is 23.4 Å². The van der Waals surface area contributed by atoms with Crippen LogP contribution in [0, 0.1) is 0 Å². The van der Waals surface area contributed by atoms with Gasteiger partial charge in [-0.3, -0.25) is 0 Å². The Morgan fingerprint density at radius 3 is 2.50 bits per heavy atom. The van der Waals surface area contributed by atoms with Crippen molar-refractivity contribution >= 4 is 11.3 Å². The average Bonchev–Trinajstić information content (AvgIpc) is 2.65. The van der Waals surface area contributed by atoms with E-state index in [1.807, 2.05) is 0 Å². The van der Waals surface area contributed by atoms with E-state index in [-0.39, 0.29) is 18.0 Å². The van der Waals surface area contributed by atoms with Gasteiger partial charge in [-0.1, -0.05) is 0 Å². The summed E-state index contributed by atoms with van der Waals surface area (Å²) < 4.78 is 36.6. The Labute approximate surface area is 93.5 Å². The van der Waals surface area contributed by atoms with Gasteiger partial charge in [0.05, 0.1) is 6.10 Å². The molecule has 0 aliphatic heterocycles. The molecule has 0 radical (unpaired) electrons. The molecule has 0 aliphatic rings. The summed E-state index contributed by atoms with van der Waals surface area (Å²) in [5, 5.41) is 19.5. The van der Waals surface area contributed by atoms with Crippen LogP contribution >= 0.6 is 11.3 Å². The minimum Gasteiger partial charge on any atom is -0.390 e. The number of aliphatic hydroxyl groups is 2. The Hall–Kier alpha value is -0.700. The van der Waals surface area contributed by atoms with Crippen LogP contribution in [0.5, 0.6) is 0 Å².